The number of amides is 2. The van der Waals surface area contributed by atoms with Gasteiger partial charge in [-0.2, -0.15) is 0 Å². The number of benzene rings is 1. The van der Waals surface area contributed by atoms with E-state index in [1.54, 1.807) is 13.2 Å². The predicted octanol–water partition coefficient (Wildman–Crippen LogP) is 2.68. The molecule has 5 nitrogen and oxygen atoms in total. The van der Waals surface area contributed by atoms with Gasteiger partial charge in [-0.15, -0.1) is 0 Å². The minimum absolute atomic E-state index is 0.222. The largest absolute Gasteiger partial charge is 0.495 e. The summed E-state index contributed by atoms with van der Waals surface area (Å²) in [6.45, 7) is 5.97. The molecule has 0 aromatic heterocycles. The number of aliphatic hydroxyl groups is 1. The summed E-state index contributed by atoms with van der Waals surface area (Å²) in [4.78, 5) is 11.9. The van der Waals surface area contributed by atoms with E-state index in [0.29, 0.717) is 24.3 Å². The number of hydrogen-bond donors (Lipinski definition) is 3. The maximum Gasteiger partial charge on any atom is 0.319 e. The van der Waals surface area contributed by atoms with Crippen molar-refractivity contribution in [3.05, 3.63) is 23.8 Å². The average Bonchev–Trinajstić information content (AvgIpc) is 2.46. The highest BCUT2D eigenvalue weighted by Crippen LogP contribution is 2.25. The lowest BCUT2D eigenvalue weighted by molar-refractivity contribution is 0.0354. The lowest BCUT2D eigenvalue weighted by Gasteiger charge is -2.25. The molecular weight excluding hydrogens is 256 g/mol. The van der Waals surface area contributed by atoms with Crippen LogP contribution in [0.4, 0.5) is 10.5 Å². The Kier molecular flexibility index (Phi) is 5.82. The molecule has 0 saturated carbocycles. The van der Waals surface area contributed by atoms with Crippen molar-refractivity contribution < 1.29 is 14.6 Å². The number of carbonyl (C=O) groups excluding carboxylic acids is 1. The van der Waals surface area contributed by atoms with Gasteiger partial charge in [-0.05, 0) is 37.5 Å². The second kappa shape index (κ2) is 7.14. The standard InChI is InChI=1S/C15H24N2O3/c1-5-15(19,6-2)10-16-14(18)17-12-8-7-11(3)9-13(12)20-4/h7-9,19H,5-6,10H2,1-4H3,(H2,16,17,18). The summed E-state index contributed by atoms with van der Waals surface area (Å²) in [5, 5.41) is 15.5. The van der Waals surface area contributed by atoms with Crippen LogP contribution < -0.4 is 15.4 Å². The van der Waals surface area contributed by atoms with Crippen molar-refractivity contribution in [1.82, 2.24) is 5.32 Å². The number of methoxy groups -OCH3 is 1. The summed E-state index contributed by atoms with van der Waals surface area (Å²) in [7, 11) is 1.56. The fourth-order valence-electron chi connectivity index (χ4n) is 1.81. The van der Waals surface area contributed by atoms with Gasteiger partial charge in [0.05, 0.1) is 18.4 Å². The minimum Gasteiger partial charge on any atom is -0.495 e. The Morgan fingerprint density at radius 2 is 2.00 bits per heavy atom. The molecule has 1 aromatic carbocycles. The highest BCUT2D eigenvalue weighted by molar-refractivity contribution is 5.91. The van der Waals surface area contributed by atoms with Crippen LogP contribution in [0.3, 0.4) is 0 Å². The lowest BCUT2D eigenvalue weighted by Crippen LogP contribution is -2.43. The van der Waals surface area contributed by atoms with E-state index in [4.69, 9.17) is 4.74 Å². The smallest absolute Gasteiger partial charge is 0.319 e. The molecule has 3 N–H and O–H groups in total. The van der Waals surface area contributed by atoms with Crippen LogP contribution in [0.25, 0.3) is 0 Å². The molecule has 20 heavy (non-hydrogen) atoms. The highest BCUT2D eigenvalue weighted by Gasteiger charge is 2.22. The fourth-order valence-corrected chi connectivity index (χ4v) is 1.81. The Morgan fingerprint density at radius 3 is 2.55 bits per heavy atom. The summed E-state index contributed by atoms with van der Waals surface area (Å²) in [5.41, 5.74) is 0.806. The normalized spacial score (nSPS) is 11.1. The number of rotatable bonds is 6. The summed E-state index contributed by atoms with van der Waals surface area (Å²) in [5.74, 6) is 0.612. The van der Waals surface area contributed by atoms with Gasteiger partial charge in [0, 0.05) is 6.54 Å². The molecule has 5 heteroatoms. The molecule has 0 atom stereocenters. The van der Waals surface area contributed by atoms with E-state index in [9.17, 15) is 9.90 Å². The van der Waals surface area contributed by atoms with E-state index >= 15 is 0 Å². The van der Waals surface area contributed by atoms with Crippen molar-refractivity contribution in [3.8, 4) is 5.75 Å². The van der Waals surface area contributed by atoms with Crippen molar-refractivity contribution in [2.75, 3.05) is 19.0 Å². The van der Waals surface area contributed by atoms with Crippen LogP contribution >= 0.6 is 0 Å². The van der Waals surface area contributed by atoms with Crippen molar-refractivity contribution in [1.29, 1.82) is 0 Å². The van der Waals surface area contributed by atoms with Gasteiger partial charge in [-0.3, -0.25) is 0 Å². The quantitative estimate of drug-likeness (QED) is 0.750. The molecule has 0 fully saturated rings. The maximum atomic E-state index is 11.9. The molecule has 0 aliphatic rings. The predicted molar refractivity (Wildman–Crippen MR) is 80.3 cm³/mol. The Morgan fingerprint density at radius 1 is 1.35 bits per heavy atom. The van der Waals surface area contributed by atoms with Crippen LogP contribution in [0.2, 0.25) is 0 Å². The van der Waals surface area contributed by atoms with Gasteiger partial charge < -0.3 is 20.5 Å². The van der Waals surface area contributed by atoms with E-state index in [1.807, 2.05) is 32.9 Å². The monoisotopic (exact) mass is 280 g/mol. The first-order valence-electron chi connectivity index (χ1n) is 6.86. The SMILES string of the molecule is CCC(O)(CC)CNC(=O)Nc1ccc(C)cc1OC. The highest BCUT2D eigenvalue weighted by atomic mass is 16.5. The molecule has 1 rings (SSSR count). The zero-order valence-electron chi connectivity index (χ0n) is 12.6. The van der Waals surface area contributed by atoms with E-state index in [1.165, 1.54) is 0 Å². The van der Waals surface area contributed by atoms with Crippen LogP contribution in [0.5, 0.6) is 5.75 Å². The molecule has 0 aliphatic heterocycles. The van der Waals surface area contributed by atoms with Crippen molar-refractivity contribution in [2.45, 2.75) is 39.2 Å². The van der Waals surface area contributed by atoms with E-state index in [0.717, 1.165) is 5.56 Å². The number of anilines is 1. The number of carbonyl (C=O) groups is 1. The van der Waals surface area contributed by atoms with E-state index in [2.05, 4.69) is 10.6 Å². The second-order valence-electron chi connectivity index (χ2n) is 4.94. The first-order chi connectivity index (χ1) is 9.44. The van der Waals surface area contributed by atoms with Gasteiger partial charge in [-0.1, -0.05) is 19.9 Å². The molecule has 0 saturated heterocycles. The Balaban J connectivity index is 2.63. The number of nitrogens with one attached hydrogen (secondary N) is 2. The van der Waals surface area contributed by atoms with E-state index < -0.39 is 5.60 Å². The van der Waals surface area contributed by atoms with Crippen LogP contribution in [-0.2, 0) is 0 Å². The third-order valence-corrected chi connectivity index (χ3v) is 3.50. The molecular formula is C15H24N2O3. The average molecular weight is 280 g/mol. The van der Waals surface area contributed by atoms with Gasteiger partial charge in [0.25, 0.3) is 0 Å². The third-order valence-electron chi connectivity index (χ3n) is 3.50. The zero-order valence-corrected chi connectivity index (χ0v) is 12.6. The van der Waals surface area contributed by atoms with Crippen LogP contribution in [0, 0.1) is 6.92 Å². The molecule has 0 heterocycles. The second-order valence-corrected chi connectivity index (χ2v) is 4.94. The number of hydrogen-bond acceptors (Lipinski definition) is 3. The Bertz CT molecular complexity index is 456. The first kappa shape index (κ1) is 16.3. The summed E-state index contributed by atoms with van der Waals surface area (Å²) < 4.78 is 5.22. The van der Waals surface area contributed by atoms with Crippen LogP contribution in [0.1, 0.15) is 32.3 Å². The van der Waals surface area contributed by atoms with Gasteiger partial charge in [0.1, 0.15) is 5.75 Å². The van der Waals surface area contributed by atoms with Gasteiger partial charge in [0.15, 0.2) is 0 Å². The van der Waals surface area contributed by atoms with E-state index in [-0.39, 0.29) is 12.6 Å². The van der Waals surface area contributed by atoms with Gasteiger partial charge in [0.2, 0.25) is 0 Å². The first-order valence-corrected chi connectivity index (χ1v) is 6.86. The molecule has 0 spiro atoms. The Labute approximate surface area is 120 Å². The van der Waals surface area contributed by atoms with Gasteiger partial charge >= 0.3 is 6.03 Å². The van der Waals surface area contributed by atoms with Gasteiger partial charge in [-0.25, -0.2) is 4.79 Å². The fraction of sp³-hybridized carbons (Fsp3) is 0.533. The molecule has 0 radical (unpaired) electrons. The van der Waals surface area contributed by atoms with Crippen molar-refractivity contribution in [2.24, 2.45) is 0 Å². The minimum atomic E-state index is -0.852. The molecule has 2 amide bonds. The lowest BCUT2D eigenvalue weighted by atomic mass is 9.98. The number of aryl methyl sites for hydroxylation is 1. The number of ether oxygens (including phenoxy) is 1. The third kappa shape index (κ3) is 4.42. The zero-order chi connectivity index (χ0) is 15.2. The molecule has 0 aliphatic carbocycles. The Hall–Kier alpha value is -1.75. The summed E-state index contributed by atoms with van der Waals surface area (Å²) >= 11 is 0. The maximum absolute atomic E-state index is 11.9. The molecule has 112 valence electrons. The van der Waals surface area contributed by atoms with Crippen molar-refractivity contribution >= 4 is 11.7 Å². The number of urea groups is 1. The summed E-state index contributed by atoms with van der Waals surface area (Å²) in [6, 6.07) is 5.18. The van der Waals surface area contributed by atoms with Crippen molar-refractivity contribution in [3.63, 3.8) is 0 Å². The van der Waals surface area contributed by atoms with Crippen LogP contribution in [-0.4, -0.2) is 30.4 Å². The molecule has 1 aromatic rings. The summed E-state index contributed by atoms with van der Waals surface area (Å²) in [6.07, 6.45) is 1.19. The topological polar surface area (TPSA) is 70.6 Å². The molecule has 0 bridgehead atoms. The van der Waals surface area contributed by atoms with Crippen LogP contribution in [0.15, 0.2) is 18.2 Å². The molecule has 0 unspecified atom stereocenters.